The molecular formula is C23H23N5OS. The van der Waals surface area contributed by atoms with Gasteiger partial charge in [0.15, 0.2) is 0 Å². The van der Waals surface area contributed by atoms with Gasteiger partial charge in [-0.05, 0) is 49.6 Å². The van der Waals surface area contributed by atoms with Crippen LogP contribution in [0.25, 0.3) is 5.78 Å². The van der Waals surface area contributed by atoms with Crippen molar-refractivity contribution in [3.05, 3.63) is 82.7 Å². The molecule has 4 rings (SSSR count). The van der Waals surface area contributed by atoms with Crippen molar-refractivity contribution in [2.24, 2.45) is 0 Å². The fraction of sp³-hybridized carbons (Fsp3) is 0.217. The topological polar surface area (TPSA) is 72.2 Å². The third kappa shape index (κ3) is 4.21. The van der Waals surface area contributed by atoms with E-state index in [2.05, 4.69) is 27.3 Å². The Morgan fingerprint density at radius 3 is 2.57 bits per heavy atom. The molecule has 0 saturated carbocycles. The first-order chi connectivity index (χ1) is 14.5. The van der Waals surface area contributed by atoms with Crippen molar-refractivity contribution in [3.63, 3.8) is 0 Å². The molecule has 1 N–H and O–H groups in total. The van der Waals surface area contributed by atoms with Gasteiger partial charge in [0.2, 0.25) is 5.16 Å². The van der Waals surface area contributed by atoms with Crippen LogP contribution in [0.5, 0.6) is 0 Å². The van der Waals surface area contributed by atoms with Crippen LogP contribution in [0.2, 0.25) is 0 Å². The number of aryl methyl sites for hydroxylation is 3. The Labute approximate surface area is 179 Å². The van der Waals surface area contributed by atoms with Gasteiger partial charge in [-0.2, -0.15) is 4.98 Å². The Morgan fingerprint density at radius 1 is 1.03 bits per heavy atom. The number of nitrogens with one attached hydrogen (secondary N) is 1. The number of aromatic nitrogens is 4. The standard InChI is InChI=1S/C23H23N5OS/c1-4-17-9-6-8-12-20(17)25-21(29)19-11-7-5-10-18(19)14-30-23-26-22-24-15(2)13-16(3)28(22)27-23/h5-13H,4,14H2,1-3H3,(H,25,29). The third-order valence-corrected chi connectivity index (χ3v) is 5.75. The maximum Gasteiger partial charge on any atom is 0.255 e. The number of carbonyl (C=O) groups excluding carboxylic acids is 1. The molecule has 0 aliphatic rings. The molecule has 0 fully saturated rings. The summed E-state index contributed by atoms with van der Waals surface area (Å²) in [6, 6.07) is 17.5. The maximum absolute atomic E-state index is 13.0. The van der Waals surface area contributed by atoms with Gasteiger partial charge < -0.3 is 5.32 Å². The summed E-state index contributed by atoms with van der Waals surface area (Å²) in [5.74, 6) is 1.08. The van der Waals surface area contributed by atoms with Crippen LogP contribution in [0, 0.1) is 13.8 Å². The summed E-state index contributed by atoms with van der Waals surface area (Å²) in [7, 11) is 0. The van der Waals surface area contributed by atoms with E-state index in [4.69, 9.17) is 0 Å². The average molecular weight is 418 g/mol. The highest BCUT2D eigenvalue weighted by Gasteiger charge is 2.14. The van der Waals surface area contributed by atoms with Gasteiger partial charge >= 0.3 is 0 Å². The second kappa shape index (κ2) is 8.67. The highest BCUT2D eigenvalue weighted by molar-refractivity contribution is 7.98. The van der Waals surface area contributed by atoms with E-state index in [9.17, 15) is 4.79 Å². The summed E-state index contributed by atoms with van der Waals surface area (Å²) in [5, 5.41) is 8.24. The van der Waals surface area contributed by atoms with Crippen LogP contribution in [0.3, 0.4) is 0 Å². The number of anilines is 1. The lowest BCUT2D eigenvalue weighted by Gasteiger charge is -2.12. The van der Waals surface area contributed by atoms with Gasteiger partial charge in [-0.25, -0.2) is 9.50 Å². The predicted octanol–water partition coefficient (Wildman–Crippen LogP) is 4.85. The molecule has 6 nitrogen and oxygen atoms in total. The van der Waals surface area contributed by atoms with Crippen LogP contribution in [0.15, 0.2) is 59.8 Å². The van der Waals surface area contributed by atoms with Crippen molar-refractivity contribution in [1.82, 2.24) is 19.6 Å². The largest absolute Gasteiger partial charge is 0.322 e. The first-order valence-corrected chi connectivity index (χ1v) is 10.8. The van der Waals surface area contributed by atoms with Gasteiger partial charge in [0.25, 0.3) is 11.7 Å². The van der Waals surface area contributed by atoms with Crippen LogP contribution in [-0.4, -0.2) is 25.5 Å². The quantitative estimate of drug-likeness (QED) is 0.454. The van der Waals surface area contributed by atoms with Crippen molar-refractivity contribution < 1.29 is 4.79 Å². The first kappa shape index (κ1) is 20.1. The molecule has 1 amide bonds. The lowest BCUT2D eigenvalue weighted by molar-refractivity contribution is 0.102. The van der Waals surface area contributed by atoms with Crippen LogP contribution in [0.1, 0.15) is 39.8 Å². The number of thioether (sulfide) groups is 1. The van der Waals surface area contributed by atoms with Crippen molar-refractivity contribution in [2.75, 3.05) is 5.32 Å². The Kier molecular flexibility index (Phi) is 5.81. The highest BCUT2D eigenvalue weighted by atomic mass is 32.2. The molecule has 30 heavy (non-hydrogen) atoms. The fourth-order valence-electron chi connectivity index (χ4n) is 3.36. The molecule has 2 aromatic carbocycles. The number of hydrogen-bond donors (Lipinski definition) is 1. The molecule has 0 unspecified atom stereocenters. The molecule has 2 heterocycles. The smallest absolute Gasteiger partial charge is 0.255 e. The summed E-state index contributed by atoms with van der Waals surface area (Å²) in [6.07, 6.45) is 0.862. The second-order valence-corrected chi connectivity index (χ2v) is 8.00. The van der Waals surface area contributed by atoms with Gasteiger partial charge in [0, 0.05) is 28.4 Å². The molecule has 0 aliphatic heterocycles. The minimum atomic E-state index is -0.108. The summed E-state index contributed by atoms with van der Waals surface area (Å²) < 4.78 is 1.75. The Balaban J connectivity index is 1.53. The van der Waals surface area contributed by atoms with Gasteiger partial charge in [0.1, 0.15) is 0 Å². The highest BCUT2D eigenvalue weighted by Crippen LogP contribution is 2.24. The maximum atomic E-state index is 13.0. The minimum absolute atomic E-state index is 0.108. The van der Waals surface area contributed by atoms with E-state index >= 15 is 0 Å². The fourth-order valence-corrected chi connectivity index (χ4v) is 4.18. The van der Waals surface area contributed by atoms with Crippen LogP contribution in [-0.2, 0) is 12.2 Å². The molecule has 0 spiro atoms. The van der Waals surface area contributed by atoms with Crippen LogP contribution in [0.4, 0.5) is 5.69 Å². The SMILES string of the molecule is CCc1ccccc1NC(=O)c1ccccc1CSc1nc2nc(C)cc(C)n2n1. The molecular weight excluding hydrogens is 394 g/mol. The predicted molar refractivity (Wildman–Crippen MR) is 120 cm³/mol. The van der Waals surface area contributed by atoms with Gasteiger partial charge in [-0.15, -0.1) is 5.10 Å². The Morgan fingerprint density at radius 2 is 1.77 bits per heavy atom. The zero-order valence-electron chi connectivity index (χ0n) is 17.2. The van der Waals surface area contributed by atoms with Crippen LogP contribution >= 0.6 is 11.8 Å². The number of nitrogens with zero attached hydrogens (tertiary/aromatic N) is 4. The number of fused-ring (bicyclic) bond motifs is 1. The molecule has 0 atom stereocenters. The number of carbonyl (C=O) groups is 1. The van der Waals surface area contributed by atoms with E-state index in [0.29, 0.717) is 22.3 Å². The normalized spacial score (nSPS) is 11.0. The minimum Gasteiger partial charge on any atom is -0.322 e. The summed E-state index contributed by atoms with van der Waals surface area (Å²) >= 11 is 1.50. The van der Waals surface area contributed by atoms with E-state index in [1.807, 2.05) is 68.4 Å². The van der Waals surface area contributed by atoms with E-state index in [1.54, 1.807) is 4.52 Å². The zero-order chi connectivity index (χ0) is 21.1. The van der Waals surface area contributed by atoms with E-state index < -0.39 is 0 Å². The number of para-hydroxylation sites is 1. The third-order valence-electron chi connectivity index (χ3n) is 4.86. The van der Waals surface area contributed by atoms with Crippen molar-refractivity contribution in [2.45, 2.75) is 38.1 Å². The molecule has 7 heteroatoms. The zero-order valence-corrected chi connectivity index (χ0v) is 18.0. The van der Waals surface area contributed by atoms with Crippen molar-refractivity contribution in [3.8, 4) is 0 Å². The molecule has 0 saturated heterocycles. The lowest BCUT2D eigenvalue weighted by atomic mass is 10.1. The summed E-state index contributed by atoms with van der Waals surface area (Å²) in [5.41, 5.74) is 5.47. The van der Waals surface area contributed by atoms with Gasteiger partial charge in [-0.1, -0.05) is 55.1 Å². The van der Waals surface area contributed by atoms with E-state index in [-0.39, 0.29) is 5.91 Å². The van der Waals surface area contributed by atoms with E-state index in [1.165, 1.54) is 11.8 Å². The number of rotatable bonds is 6. The molecule has 0 bridgehead atoms. The second-order valence-electron chi connectivity index (χ2n) is 7.06. The Hall–Kier alpha value is -3.19. The van der Waals surface area contributed by atoms with Crippen LogP contribution < -0.4 is 5.32 Å². The number of benzene rings is 2. The molecule has 2 aromatic heterocycles. The summed E-state index contributed by atoms with van der Waals surface area (Å²) in [4.78, 5) is 21.9. The lowest BCUT2D eigenvalue weighted by Crippen LogP contribution is -2.15. The number of amides is 1. The number of hydrogen-bond acceptors (Lipinski definition) is 5. The van der Waals surface area contributed by atoms with Gasteiger partial charge in [0.05, 0.1) is 0 Å². The molecule has 0 radical (unpaired) electrons. The summed E-state index contributed by atoms with van der Waals surface area (Å²) in [6.45, 7) is 6.01. The molecule has 4 aromatic rings. The van der Waals surface area contributed by atoms with Crippen molar-refractivity contribution >= 4 is 29.1 Å². The van der Waals surface area contributed by atoms with Crippen molar-refractivity contribution in [1.29, 1.82) is 0 Å². The Bertz CT molecular complexity index is 1220. The molecule has 152 valence electrons. The van der Waals surface area contributed by atoms with Gasteiger partial charge in [-0.3, -0.25) is 4.79 Å². The monoisotopic (exact) mass is 417 g/mol. The van der Waals surface area contributed by atoms with E-state index in [0.717, 1.165) is 34.6 Å². The molecule has 0 aliphatic carbocycles. The first-order valence-electron chi connectivity index (χ1n) is 9.86. The average Bonchev–Trinajstić information content (AvgIpc) is 3.16.